The van der Waals surface area contributed by atoms with Gasteiger partial charge in [0.1, 0.15) is 0 Å². The number of rotatable bonds is 8. The Labute approximate surface area is 99.0 Å². The summed E-state index contributed by atoms with van der Waals surface area (Å²) >= 11 is -0.870. The summed E-state index contributed by atoms with van der Waals surface area (Å²) in [7, 11) is 6.42. The Balaban J connectivity index is 3.40. The summed E-state index contributed by atoms with van der Waals surface area (Å²) in [4.78, 5) is 0. The first-order valence-corrected chi connectivity index (χ1v) is 9.62. The molecule has 0 amide bonds. The van der Waals surface area contributed by atoms with Crippen LogP contribution in [0, 0.1) is 11.8 Å². The van der Waals surface area contributed by atoms with E-state index in [1.165, 1.54) is 36.2 Å². The number of hydrogen-bond acceptors (Lipinski definition) is 0. The van der Waals surface area contributed by atoms with Crippen LogP contribution < -0.4 is 0 Å². The molecule has 0 rings (SSSR count). The molecule has 0 aromatic rings. The molecule has 0 aliphatic rings. The molecule has 0 spiro atoms. The Bertz CT molecular complexity index is 113. The lowest BCUT2D eigenvalue weighted by molar-refractivity contribution is 0.532. The highest BCUT2D eigenvalue weighted by atomic mass is 35.6. The van der Waals surface area contributed by atoms with Crippen LogP contribution >= 0.6 is 10.0 Å². The third kappa shape index (κ3) is 8.16. The molecule has 0 bridgehead atoms. The second-order valence-electron chi connectivity index (χ2n) is 4.78. The van der Waals surface area contributed by atoms with Gasteiger partial charge in [-0.2, -0.15) is 0 Å². The van der Waals surface area contributed by atoms with Crippen molar-refractivity contribution in [3.63, 3.8) is 0 Å². The van der Waals surface area contributed by atoms with Crippen LogP contribution in [0.4, 0.5) is 0 Å². The van der Waals surface area contributed by atoms with Gasteiger partial charge >= 0.3 is 13.2 Å². The molecule has 0 aliphatic carbocycles. The van der Waals surface area contributed by atoms with E-state index in [0.717, 1.165) is 11.8 Å². The van der Waals surface area contributed by atoms with Gasteiger partial charge in [-0.3, -0.25) is 10.0 Å². The van der Waals surface area contributed by atoms with Gasteiger partial charge in [0.15, 0.2) is 0 Å². The van der Waals surface area contributed by atoms with E-state index in [9.17, 15) is 0 Å². The molecule has 0 aliphatic heterocycles. The summed E-state index contributed by atoms with van der Waals surface area (Å²) in [6.45, 7) is 9.22. The first-order valence-electron chi connectivity index (χ1n) is 6.24. The summed E-state index contributed by atoms with van der Waals surface area (Å²) in [6.07, 6.45) is 5.33. The Morgan fingerprint density at radius 2 is 1.29 bits per heavy atom. The van der Waals surface area contributed by atoms with Crippen molar-refractivity contribution in [2.75, 3.05) is 0 Å². The van der Waals surface area contributed by atoms with Gasteiger partial charge in [-0.25, -0.2) is 0 Å². The van der Waals surface area contributed by atoms with Crippen molar-refractivity contribution in [3.05, 3.63) is 0 Å². The minimum atomic E-state index is -0.870. The van der Waals surface area contributed by atoms with Crippen molar-refractivity contribution >= 4 is 23.3 Å². The first-order chi connectivity index (χ1) is 6.60. The monoisotopic (exact) mass is 232 g/mol. The van der Waals surface area contributed by atoms with Crippen molar-refractivity contribution in [2.24, 2.45) is 11.8 Å². The van der Waals surface area contributed by atoms with Crippen LogP contribution in [0.25, 0.3) is 0 Å². The van der Waals surface area contributed by atoms with E-state index >= 15 is 0 Å². The summed E-state index contributed by atoms with van der Waals surface area (Å²) in [5, 5.41) is 2.68. The van der Waals surface area contributed by atoms with Crippen molar-refractivity contribution in [2.45, 2.75) is 63.9 Å². The molecule has 2 unspecified atom stereocenters. The Morgan fingerprint density at radius 1 is 0.929 bits per heavy atom. The highest BCUT2D eigenvalue weighted by molar-refractivity contribution is 7.06. The molecule has 0 nitrogen and oxygen atoms in total. The molecule has 2 heteroatoms. The predicted octanol–water partition coefficient (Wildman–Crippen LogP) is 5.09. The van der Waals surface area contributed by atoms with E-state index < -0.39 is 13.2 Å². The average molecular weight is 233 g/mol. The third-order valence-electron chi connectivity index (χ3n) is 3.34. The normalized spacial score (nSPS) is 15.2. The summed E-state index contributed by atoms with van der Waals surface area (Å²) < 4.78 is 0. The van der Waals surface area contributed by atoms with Gasteiger partial charge < -0.3 is 0 Å². The molecule has 0 fully saturated rings. The van der Waals surface area contributed by atoms with Gasteiger partial charge in [-0.15, -0.1) is 0 Å². The minimum absolute atomic E-state index is 0.870. The van der Waals surface area contributed by atoms with E-state index in [4.69, 9.17) is 10.0 Å². The molecule has 0 N–H and O–H groups in total. The van der Waals surface area contributed by atoms with Gasteiger partial charge in [-0.05, 0) is 11.8 Å². The molecule has 0 aromatic carbocycles. The van der Waals surface area contributed by atoms with Gasteiger partial charge in [0.05, 0.1) is 0 Å². The third-order valence-corrected chi connectivity index (χ3v) is 6.57. The Morgan fingerprint density at radius 3 is 1.57 bits per heavy atom. The van der Waals surface area contributed by atoms with Crippen LogP contribution in [0.1, 0.15) is 53.4 Å². The van der Waals surface area contributed by atoms with E-state index in [2.05, 4.69) is 27.7 Å². The van der Waals surface area contributed by atoms with E-state index in [-0.39, 0.29) is 0 Å². The molecule has 0 saturated heterocycles. The smallest absolute Gasteiger partial charge is 0.261 e. The molecular weight excluding hydrogens is 207 g/mol. The fourth-order valence-corrected chi connectivity index (χ4v) is 4.39. The zero-order valence-electron chi connectivity index (χ0n) is 10.4. The number of halogens is 1. The molecule has 0 aromatic heterocycles. The van der Waals surface area contributed by atoms with Crippen LogP contribution in [0.2, 0.25) is 10.6 Å². The van der Waals surface area contributed by atoms with Gasteiger partial charge in [-0.1, -0.05) is 63.9 Å². The van der Waals surface area contributed by atoms with Crippen LogP contribution in [-0.4, -0.2) is 13.2 Å². The zero-order valence-corrected chi connectivity index (χ0v) is 12.3. The van der Waals surface area contributed by atoms with E-state index in [1.807, 2.05) is 0 Å². The van der Waals surface area contributed by atoms with E-state index in [1.54, 1.807) is 0 Å². The maximum atomic E-state index is 6.42. The first kappa shape index (κ1) is 14.8. The lowest BCUT2D eigenvalue weighted by Gasteiger charge is -2.11. The SMILES string of the molecule is CCC(C)C[CH2][Al]([Cl])[CH2]CC(C)CC. The molecule has 0 radical (unpaired) electrons. The second kappa shape index (κ2) is 9.08. The van der Waals surface area contributed by atoms with Gasteiger partial charge in [0.25, 0.3) is 0 Å². The standard InChI is InChI=1S/2C6H13.Al.ClH/c2*1-4-6(3)5-2;;/h2*6H,1,4-5H2,2-3H3;;1H/q;;+1;/p-1. The van der Waals surface area contributed by atoms with Crippen LogP contribution in [0.3, 0.4) is 0 Å². The predicted molar refractivity (Wildman–Crippen MR) is 69.4 cm³/mol. The maximum Gasteiger partial charge on any atom is 0.399 e. The molecule has 0 saturated carbocycles. The molecule has 2 atom stereocenters. The van der Waals surface area contributed by atoms with Gasteiger partial charge in [0, 0.05) is 0 Å². The number of hydrogen-bond donors (Lipinski definition) is 0. The fraction of sp³-hybridized carbons (Fsp3) is 1.00. The minimum Gasteiger partial charge on any atom is -0.261 e. The quantitative estimate of drug-likeness (QED) is 0.512. The molecule has 14 heavy (non-hydrogen) atoms. The summed E-state index contributed by atoms with van der Waals surface area (Å²) in [6, 6.07) is 0. The van der Waals surface area contributed by atoms with Crippen molar-refractivity contribution < 1.29 is 0 Å². The molecular formula is C12H26AlCl. The molecule has 84 valence electrons. The molecule has 0 heterocycles. The summed E-state index contributed by atoms with van der Waals surface area (Å²) in [5.41, 5.74) is 0. The Kier molecular flexibility index (Phi) is 9.61. The van der Waals surface area contributed by atoms with Crippen LogP contribution in [-0.2, 0) is 0 Å². The van der Waals surface area contributed by atoms with Crippen molar-refractivity contribution in [1.29, 1.82) is 0 Å². The Hall–Kier alpha value is 0.822. The van der Waals surface area contributed by atoms with Crippen LogP contribution in [0.5, 0.6) is 0 Å². The van der Waals surface area contributed by atoms with Gasteiger partial charge in [0.2, 0.25) is 0 Å². The highest BCUT2D eigenvalue weighted by Crippen LogP contribution is 2.19. The lowest BCUT2D eigenvalue weighted by Crippen LogP contribution is -2.07. The van der Waals surface area contributed by atoms with Crippen molar-refractivity contribution in [1.82, 2.24) is 0 Å². The average Bonchev–Trinajstić information content (AvgIpc) is 2.22. The highest BCUT2D eigenvalue weighted by Gasteiger charge is 2.16. The second-order valence-corrected chi connectivity index (χ2v) is 8.98. The van der Waals surface area contributed by atoms with Crippen molar-refractivity contribution in [3.8, 4) is 0 Å². The fourth-order valence-electron chi connectivity index (χ4n) is 1.48. The van der Waals surface area contributed by atoms with E-state index in [0.29, 0.717) is 0 Å². The van der Waals surface area contributed by atoms with Crippen LogP contribution in [0.15, 0.2) is 0 Å². The topological polar surface area (TPSA) is 0 Å². The zero-order chi connectivity index (χ0) is 11.0. The maximum absolute atomic E-state index is 6.42. The largest absolute Gasteiger partial charge is 0.399 e. The lowest BCUT2D eigenvalue weighted by atomic mass is 10.1. The summed E-state index contributed by atoms with van der Waals surface area (Å²) in [5.74, 6) is 1.76.